The van der Waals surface area contributed by atoms with E-state index in [2.05, 4.69) is 15.4 Å². The molecule has 0 radical (unpaired) electrons. The number of hydrogen-bond acceptors (Lipinski definition) is 6. The van der Waals surface area contributed by atoms with Crippen LogP contribution in [0, 0.1) is 17.7 Å². The number of thioether (sulfide) groups is 1. The first-order valence-electron chi connectivity index (χ1n) is 11.5. The highest BCUT2D eigenvalue weighted by Crippen LogP contribution is 2.42. The number of primary amides is 1. The normalized spacial score (nSPS) is 19.7. The number of aliphatic hydroxyl groups is 1. The highest BCUT2D eigenvalue weighted by Gasteiger charge is 2.54. The predicted octanol–water partition coefficient (Wildman–Crippen LogP) is 2.42. The molecule has 190 valence electrons. The first-order valence-corrected chi connectivity index (χ1v) is 12.7. The second-order valence-corrected chi connectivity index (χ2v) is 10.1. The van der Waals surface area contributed by atoms with E-state index in [0.29, 0.717) is 18.8 Å². The summed E-state index contributed by atoms with van der Waals surface area (Å²) >= 11 is 1.48. The molecule has 0 aliphatic heterocycles. The highest BCUT2D eigenvalue weighted by atomic mass is 32.2. The molecule has 3 rings (SSSR count). The van der Waals surface area contributed by atoms with Gasteiger partial charge in [-0.1, -0.05) is 6.92 Å². The van der Waals surface area contributed by atoms with Crippen LogP contribution in [0.1, 0.15) is 39.0 Å². The topological polar surface area (TPSA) is 114 Å². The van der Waals surface area contributed by atoms with Gasteiger partial charge >= 0.3 is 6.11 Å². The number of amides is 2. The van der Waals surface area contributed by atoms with E-state index in [4.69, 9.17) is 5.73 Å². The summed E-state index contributed by atoms with van der Waals surface area (Å²) in [6, 6.07) is 2.25. The zero-order valence-electron chi connectivity index (χ0n) is 19.1. The summed E-state index contributed by atoms with van der Waals surface area (Å²) in [4.78, 5) is 25.1. The predicted molar refractivity (Wildman–Crippen MR) is 123 cm³/mol. The SMILES string of the molecule is CCC(NC(=O)C(CSCC1CC1)NCC(F)(F)Oc1ccc(F)cc1)C(O)(C(N)=O)C1CC1. The summed E-state index contributed by atoms with van der Waals surface area (Å²) in [5, 5.41) is 16.2. The summed E-state index contributed by atoms with van der Waals surface area (Å²) in [5.74, 6) is -1.01. The summed E-state index contributed by atoms with van der Waals surface area (Å²) in [6.07, 6.45) is 0.0596. The van der Waals surface area contributed by atoms with Crippen molar-refractivity contribution in [2.75, 3.05) is 18.1 Å². The molecule has 2 aliphatic carbocycles. The van der Waals surface area contributed by atoms with Crippen LogP contribution < -0.4 is 21.1 Å². The number of hydrogen-bond donors (Lipinski definition) is 4. The minimum atomic E-state index is -3.66. The number of benzene rings is 1. The van der Waals surface area contributed by atoms with E-state index in [-0.39, 0.29) is 23.8 Å². The van der Waals surface area contributed by atoms with Gasteiger partial charge in [0.15, 0.2) is 5.60 Å². The van der Waals surface area contributed by atoms with Crippen LogP contribution in [-0.4, -0.2) is 58.8 Å². The van der Waals surface area contributed by atoms with Gasteiger partial charge in [-0.05, 0) is 74.0 Å². The Bertz CT molecular complexity index is 852. The zero-order valence-corrected chi connectivity index (χ0v) is 19.9. The lowest BCUT2D eigenvalue weighted by atomic mass is 9.86. The molecule has 1 aromatic rings. The van der Waals surface area contributed by atoms with Gasteiger partial charge in [-0.15, -0.1) is 0 Å². The van der Waals surface area contributed by atoms with Crippen LogP contribution in [0.4, 0.5) is 13.2 Å². The second-order valence-electron chi connectivity index (χ2n) is 9.04. The Hall–Kier alpha value is -1.98. The molecule has 0 bridgehead atoms. The number of alkyl halides is 2. The fourth-order valence-electron chi connectivity index (χ4n) is 3.79. The minimum Gasteiger partial charge on any atom is -0.432 e. The second kappa shape index (κ2) is 11.2. The van der Waals surface area contributed by atoms with Gasteiger partial charge in [0.1, 0.15) is 18.1 Å². The van der Waals surface area contributed by atoms with E-state index in [0.717, 1.165) is 42.9 Å². The number of rotatable bonds is 15. The Balaban J connectivity index is 1.63. The molecule has 2 saturated carbocycles. The van der Waals surface area contributed by atoms with Crippen molar-refractivity contribution in [3.8, 4) is 5.75 Å². The molecule has 0 aromatic heterocycles. The van der Waals surface area contributed by atoms with Gasteiger partial charge < -0.3 is 20.9 Å². The van der Waals surface area contributed by atoms with Gasteiger partial charge in [-0.25, -0.2) is 4.39 Å². The summed E-state index contributed by atoms with van der Waals surface area (Å²) in [6.45, 7) is 0.738. The number of nitrogens with one attached hydrogen (secondary N) is 2. The van der Waals surface area contributed by atoms with Gasteiger partial charge in [-0.2, -0.15) is 20.5 Å². The zero-order chi connectivity index (χ0) is 24.9. The van der Waals surface area contributed by atoms with Crippen molar-refractivity contribution in [2.24, 2.45) is 17.6 Å². The molecule has 3 atom stereocenters. The molecule has 3 unspecified atom stereocenters. The number of nitrogens with two attached hydrogens (primary N) is 1. The van der Waals surface area contributed by atoms with Gasteiger partial charge in [-0.3, -0.25) is 14.9 Å². The maximum Gasteiger partial charge on any atom is 0.410 e. The van der Waals surface area contributed by atoms with E-state index in [1.165, 1.54) is 11.8 Å². The van der Waals surface area contributed by atoms with Crippen molar-refractivity contribution in [3.63, 3.8) is 0 Å². The maximum absolute atomic E-state index is 14.4. The standard InChI is InChI=1S/C23H32F3N3O4S/c1-2-19(23(32,21(27)31)15-5-6-15)29-20(30)18(12-34-11-14-3-4-14)28-13-22(25,26)33-17-9-7-16(24)8-10-17/h7-10,14-15,18-19,28,32H,2-6,11-13H2,1H3,(H2,27,31)(H,29,30). The van der Waals surface area contributed by atoms with Crippen molar-refractivity contribution < 1.29 is 32.6 Å². The maximum atomic E-state index is 14.4. The Kier molecular flexibility index (Phi) is 8.75. The van der Waals surface area contributed by atoms with Crippen molar-refractivity contribution >= 4 is 23.6 Å². The fourth-order valence-corrected chi connectivity index (χ4v) is 5.10. The molecule has 1 aromatic carbocycles. The lowest BCUT2D eigenvalue weighted by Crippen LogP contribution is -2.63. The molecule has 2 amide bonds. The molecular weight excluding hydrogens is 471 g/mol. The van der Waals surface area contributed by atoms with Crippen LogP contribution in [0.5, 0.6) is 5.75 Å². The number of ether oxygens (including phenoxy) is 1. The monoisotopic (exact) mass is 503 g/mol. The van der Waals surface area contributed by atoms with Crippen molar-refractivity contribution in [1.29, 1.82) is 0 Å². The molecule has 11 heteroatoms. The van der Waals surface area contributed by atoms with Gasteiger partial charge in [0.25, 0.3) is 5.91 Å². The molecule has 0 saturated heterocycles. The lowest BCUT2D eigenvalue weighted by Gasteiger charge is -2.35. The molecule has 2 aliphatic rings. The van der Waals surface area contributed by atoms with Crippen LogP contribution in [0.2, 0.25) is 0 Å². The number of halogens is 3. The van der Waals surface area contributed by atoms with Gasteiger partial charge in [0, 0.05) is 5.75 Å². The average molecular weight is 504 g/mol. The average Bonchev–Trinajstić information content (AvgIpc) is 3.68. The Morgan fingerprint density at radius 3 is 2.41 bits per heavy atom. The van der Waals surface area contributed by atoms with E-state index in [1.54, 1.807) is 6.92 Å². The first-order chi connectivity index (χ1) is 16.0. The fraction of sp³-hybridized carbons (Fsp3) is 0.652. The Labute approximate surface area is 201 Å². The van der Waals surface area contributed by atoms with Gasteiger partial charge in [0.05, 0.1) is 12.1 Å². The first kappa shape index (κ1) is 26.6. The quantitative estimate of drug-likeness (QED) is 0.292. The third-order valence-corrected chi connectivity index (χ3v) is 7.41. The van der Waals surface area contributed by atoms with Crippen molar-refractivity contribution in [3.05, 3.63) is 30.1 Å². The third kappa shape index (κ3) is 7.26. The van der Waals surface area contributed by atoms with Crippen LogP contribution >= 0.6 is 11.8 Å². The van der Waals surface area contributed by atoms with Crippen LogP contribution in [0.25, 0.3) is 0 Å². The molecular formula is C23H32F3N3O4S. The third-order valence-electron chi connectivity index (χ3n) is 6.14. The van der Waals surface area contributed by atoms with E-state index in [9.17, 15) is 27.9 Å². The smallest absolute Gasteiger partial charge is 0.410 e. The molecule has 2 fully saturated rings. The van der Waals surface area contributed by atoms with Crippen molar-refractivity contribution in [1.82, 2.24) is 10.6 Å². The highest BCUT2D eigenvalue weighted by molar-refractivity contribution is 7.99. The van der Waals surface area contributed by atoms with Crippen molar-refractivity contribution in [2.45, 2.75) is 62.8 Å². The largest absolute Gasteiger partial charge is 0.432 e. The molecule has 0 heterocycles. The van der Waals surface area contributed by atoms with Crippen LogP contribution in [-0.2, 0) is 9.59 Å². The molecule has 7 nitrogen and oxygen atoms in total. The van der Waals surface area contributed by atoms with E-state index in [1.807, 2.05) is 0 Å². The molecule has 5 N–H and O–H groups in total. The number of carbonyl (C=O) groups excluding carboxylic acids is 2. The van der Waals surface area contributed by atoms with E-state index < -0.39 is 48.0 Å². The summed E-state index contributed by atoms with van der Waals surface area (Å²) < 4.78 is 46.5. The van der Waals surface area contributed by atoms with Crippen LogP contribution in [0.15, 0.2) is 24.3 Å². The number of carbonyl (C=O) groups is 2. The molecule has 34 heavy (non-hydrogen) atoms. The van der Waals surface area contributed by atoms with E-state index >= 15 is 0 Å². The Morgan fingerprint density at radius 2 is 1.88 bits per heavy atom. The summed E-state index contributed by atoms with van der Waals surface area (Å²) in [5.41, 5.74) is 3.58. The van der Waals surface area contributed by atoms with Gasteiger partial charge in [0.2, 0.25) is 5.91 Å². The lowest BCUT2D eigenvalue weighted by molar-refractivity contribution is -0.172. The molecule has 0 spiro atoms. The Morgan fingerprint density at radius 1 is 1.24 bits per heavy atom. The summed E-state index contributed by atoms with van der Waals surface area (Å²) in [7, 11) is 0. The minimum absolute atomic E-state index is 0.209. The van der Waals surface area contributed by atoms with Crippen LogP contribution in [0.3, 0.4) is 0 Å².